The molecular formula is C16H14BrNO. The molecule has 0 radical (unpaired) electrons. The van der Waals surface area contributed by atoms with Gasteiger partial charge < -0.3 is 4.74 Å². The first-order valence-electron chi connectivity index (χ1n) is 6.02. The second kappa shape index (κ2) is 6.40. The normalized spacial score (nSPS) is 9.95. The van der Waals surface area contributed by atoms with E-state index in [1.807, 2.05) is 36.4 Å². The number of nitriles is 1. The van der Waals surface area contributed by atoms with Crippen LogP contribution in [-0.2, 0) is 11.8 Å². The van der Waals surface area contributed by atoms with Crippen LogP contribution in [0.25, 0.3) is 0 Å². The smallest absolute Gasteiger partial charge is 0.131 e. The number of aryl methyl sites for hydroxylation is 1. The van der Waals surface area contributed by atoms with Gasteiger partial charge >= 0.3 is 0 Å². The van der Waals surface area contributed by atoms with Crippen molar-refractivity contribution in [2.75, 3.05) is 0 Å². The van der Waals surface area contributed by atoms with E-state index in [1.54, 1.807) is 0 Å². The largest absolute Gasteiger partial charge is 0.457 e. The van der Waals surface area contributed by atoms with Crippen molar-refractivity contribution in [2.45, 2.75) is 18.7 Å². The molecule has 2 aromatic rings. The predicted octanol–water partition coefficient (Wildman–Crippen LogP) is 4.75. The number of hydrogen-bond acceptors (Lipinski definition) is 2. The number of benzene rings is 2. The van der Waals surface area contributed by atoms with Crippen molar-refractivity contribution < 1.29 is 4.74 Å². The van der Waals surface area contributed by atoms with Crippen LogP contribution in [0.2, 0.25) is 0 Å². The molecule has 0 aromatic heterocycles. The highest BCUT2D eigenvalue weighted by Crippen LogP contribution is 2.28. The van der Waals surface area contributed by atoms with Gasteiger partial charge in [-0.15, -0.1) is 0 Å². The van der Waals surface area contributed by atoms with E-state index in [2.05, 4.69) is 35.0 Å². The summed E-state index contributed by atoms with van der Waals surface area (Å²) in [5.41, 5.74) is 3.34. The van der Waals surface area contributed by atoms with Crippen molar-refractivity contribution in [3.05, 3.63) is 59.2 Å². The first-order chi connectivity index (χ1) is 9.22. The Hall–Kier alpha value is -1.79. The maximum atomic E-state index is 8.63. The molecule has 2 rings (SSSR count). The van der Waals surface area contributed by atoms with E-state index in [1.165, 1.54) is 5.56 Å². The zero-order chi connectivity index (χ0) is 13.7. The van der Waals surface area contributed by atoms with E-state index < -0.39 is 0 Å². The van der Waals surface area contributed by atoms with Crippen LogP contribution in [0.3, 0.4) is 0 Å². The Morgan fingerprint density at radius 1 is 1.16 bits per heavy atom. The summed E-state index contributed by atoms with van der Waals surface area (Å²) in [5, 5.41) is 9.39. The molecule has 0 amide bonds. The molecule has 0 atom stereocenters. The average molecular weight is 316 g/mol. The van der Waals surface area contributed by atoms with Gasteiger partial charge in [-0.05, 0) is 30.7 Å². The van der Waals surface area contributed by atoms with Crippen LogP contribution in [0.1, 0.15) is 16.7 Å². The summed E-state index contributed by atoms with van der Waals surface area (Å²) in [6, 6.07) is 15.9. The summed E-state index contributed by atoms with van der Waals surface area (Å²) in [6.07, 6.45) is 0.428. The number of nitrogens with zero attached hydrogens (tertiary/aromatic N) is 1. The van der Waals surface area contributed by atoms with Gasteiger partial charge in [0.15, 0.2) is 0 Å². The predicted molar refractivity (Wildman–Crippen MR) is 79.6 cm³/mol. The Kier molecular flexibility index (Phi) is 4.59. The van der Waals surface area contributed by atoms with Crippen molar-refractivity contribution in [1.29, 1.82) is 5.26 Å². The topological polar surface area (TPSA) is 33.0 Å². The molecule has 96 valence electrons. The fourth-order valence-electron chi connectivity index (χ4n) is 1.81. The summed E-state index contributed by atoms with van der Waals surface area (Å²) in [5.74, 6) is 1.64. The van der Waals surface area contributed by atoms with Crippen LogP contribution in [0.4, 0.5) is 0 Å². The highest BCUT2D eigenvalue weighted by molar-refractivity contribution is 9.08. The molecule has 19 heavy (non-hydrogen) atoms. The Labute approximate surface area is 121 Å². The van der Waals surface area contributed by atoms with E-state index in [0.29, 0.717) is 6.42 Å². The van der Waals surface area contributed by atoms with E-state index in [0.717, 1.165) is 28.0 Å². The van der Waals surface area contributed by atoms with Gasteiger partial charge in [0.05, 0.1) is 12.5 Å². The van der Waals surface area contributed by atoms with Crippen molar-refractivity contribution in [3.8, 4) is 17.6 Å². The maximum Gasteiger partial charge on any atom is 0.131 e. The van der Waals surface area contributed by atoms with Crippen molar-refractivity contribution in [3.63, 3.8) is 0 Å². The molecule has 0 bridgehead atoms. The van der Waals surface area contributed by atoms with Gasteiger partial charge in [0.25, 0.3) is 0 Å². The van der Waals surface area contributed by atoms with Gasteiger partial charge in [0.2, 0.25) is 0 Å². The molecule has 0 spiro atoms. The zero-order valence-electron chi connectivity index (χ0n) is 10.7. The Balaban J connectivity index is 2.19. The molecule has 0 N–H and O–H groups in total. The number of rotatable bonds is 4. The van der Waals surface area contributed by atoms with Crippen molar-refractivity contribution in [1.82, 2.24) is 0 Å². The second-order valence-corrected chi connectivity index (χ2v) is 4.89. The Morgan fingerprint density at radius 3 is 2.53 bits per heavy atom. The number of ether oxygens (including phenoxy) is 1. The summed E-state index contributed by atoms with van der Waals surface area (Å²) in [4.78, 5) is 0. The monoisotopic (exact) mass is 315 g/mol. The maximum absolute atomic E-state index is 8.63. The van der Waals surface area contributed by atoms with Gasteiger partial charge in [0, 0.05) is 10.9 Å². The lowest BCUT2D eigenvalue weighted by atomic mass is 10.1. The molecule has 0 fully saturated rings. The summed E-state index contributed by atoms with van der Waals surface area (Å²) >= 11 is 3.47. The summed E-state index contributed by atoms with van der Waals surface area (Å²) < 4.78 is 5.88. The highest BCUT2D eigenvalue weighted by atomic mass is 79.9. The number of halogens is 1. The number of alkyl halides is 1. The third-order valence-corrected chi connectivity index (χ3v) is 3.40. The van der Waals surface area contributed by atoms with Gasteiger partial charge in [-0.2, -0.15) is 5.26 Å². The minimum Gasteiger partial charge on any atom is -0.457 e. The zero-order valence-corrected chi connectivity index (χ0v) is 12.3. The first kappa shape index (κ1) is 13.6. The third-order valence-electron chi connectivity index (χ3n) is 2.79. The van der Waals surface area contributed by atoms with Crippen LogP contribution >= 0.6 is 15.9 Å². The Bertz CT molecular complexity index is 599. The fourth-order valence-corrected chi connectivity index (χ4v) is 2.24. The lowest BCUT2D eigenvalue weighted by molar-refractivity contribution is 0.478. The van der Waals surface area contributed by atoms with E-state index >= 15 is 0 Å². The standard InChI is InChI=1S/C16H14BrNO/c1-12-2-7-16(14(10-12)11-17)19-15-5-3-13(4-6-15)8-9-18/h2-7,10H,8,11H2,1H3. The SMILES string of the molecule is Cc1ccc(Oc2ccc(CC#N)cc2)c(CBr)c1. The van der Waals surface area contributed by atoms with Crippen LogP contribution in [0.5, 0.6) is 11.5 Å². The highest BCUT2D eigenvalue weighted by Gasteiger charge is 2.04. The summed E-state index contributed by atoms with van der Waals surface area (Å²) in [6.45, 7) is 2.06. The molecular weight excluding hydrogens is 302 g/mol. The molecule has 0 saturated heterocycles. The second-order valence-electron chi connectivity index (χ2n) is 4.33. The molecule has 2 aromatic carbocycles. The fraction of sp³-hybridized carbons (Fsp3) is 0.188. The van der Waals surface area contributed by atoms with Crippen LogP contribution in [-0.4, -0.2) is 0 Å². The molecule has 0 aliphatic carbocycles. The molecule has 0 heterocycles. The minimum absolute atomic E-state index is 0.428. The van der Waals surface area contributed by atoms with Crippen LogP contribution in [0, 0.1) is 18.3 Å². The van der Waals surface area contributed by atoms with Gasteiger partial charge in [0.1, 0.15) is 11.5 Å². The molecule has 2 nitrogen and oxygen atoms in total. The molecule has 0 aliphatic rings. The van der Waals surface area contributed by atoms with Gasteiger partial charge in [-0.25, -0.2) is 0 Å². The van der Waals surface area contributed by atoms with Gasteiger partial charge in [-0.3, -0.25) is 0 Å². The lowest BCUT2D eigenvalue weighted by Crippen LogP contribution is -1.91. The third kappa shape index (κ3) is 3.59. The quantitative estimate of drug-likeness (QED) is 0.763. The number of hydrogen-bond donors (Lipinski definition) is 0. The molecule has 0 unspecified atom stereocenters. The van der Waals surface area contributed by atoms with Crippen molar-refractivity contribution >= 4 is 15.9 Å². The summed E-state index contributed by atoms with van der Waals surface area (Å²) in [7, 11) is 0. The molecule has 0 saturated carbocycles. The van der Waals surface area contributed by atoms with E-state index in [9.17, 15) is 0 Å². The van der Waals surface area contributed by atoms with Crippen molar-refractivity contribution in [2.24, 2.45) is 0 Å². The van der Waals surface area contributed by atoms with E-state index in [4.69, 9.17) is 10.00 Å². The lowest BCUT2D eigenvalue weighted by Gasteiger charge is -2.10. The molecule has 3 heteroatoms. The minimum atomic E-state index is 0.428. The average Bonchev–Trinajstić information content (AvgIpc) is 2.43. The van der Waals surface area contributed by atoms with Crippen LogP contribution in [0.15, 0.2) is 42.5 Å². The first-order valence-corrected chi connectivity index (χ1v) is 7.14. The van der Waals surface area contributed by atoms with E-state index in [-0.39, 0.29) is 0 Å². The molecule has 0 aliphatic heterocycles. The van der Waals surface area contributed by atoms with Gasteiger partial charge in [-0.1, -0.05) is 45.8 Å². The Morgan fingerprint density at radius 2 is 1.89 bits per heavy atom. The van der Waals surface area contributed by atoms with Crippen LogP contribution < -0.4 is 4.74 Å².